The van der Waals surface area contributed by atoms with E-state index in [2.05, 4.69) is 20.4 Å². The number of halogens is 5. The summed E-state index contributed by atoms with van der Waals surface area (Å²) in [5.74, 6) is 0.189. The number of rotatable bonds is 7. The molecule has 1 aliphatic heterocycles. The molecule has 0 spiro atoms. The van der Waals surface area contributed by atoms with E-state index >= 15 is 0 Å². The number of benzene rings is 1. The van der Waals surface area contributed by atoms with Gasteiger partial charge >= 0.3 is 15.5 Å². The first-order chi connectivity index (χ1) is 15.0. The van der Waals surface area contributed by atoms with Crippen LogP contribution in [0, 0.1) is 5.82 Å². The van der Waals surface area contributed by atoms with Crippen LogP contribution in [-0.4, -0.2) is 48.8 Å². The Morgan fingerprint density at radius 2 is 2.06 bits per heavy atom. The molecule has 0 aliphatic carbocycles. The summed E-state index contributed by atoms with van der Waals surface area (Å²) >= 11 is 5.79. The van der Waals surface area contributed by atoms with Crippen molar-refractivity contribution >= 4 is 39.0 Å². The number of nitrogens with zero attached hydrogens (tertiary/aromatic N) is 3. The summed E-state index contributed by atoms with van der Waals surface area (Å²) in [6.45, 7) is -0.783. The average molecular weight is 494 g/mol. The van der Waals surface area contributed by atoms with Gasteiger partial charge in [0, 0.05) is 36.7 Å². The molecule has 172 valence electrons. The maximum absolute atomic E-state index is 13.4. The third kappa shape index (κ3) is 5.34. The molecule has 3 rings (SSSR count). The van der Waals surface area contributed by atoms with E-state index in [9.17, 15) is 31.2 Å². The van der Waals surface area contributed by atoms with E-state index in [1.54, 1.807) is 6.07 Å². The molecule has 32 heavy (non-hydrogen) atoms. The predicted octanol–water partition coefficient (Wildman–Crippen LogP) is 3.10. The fraction of sp³-hybridized carbons (Fsp3) is 0.278. The van der Waals surface area contributed by atoms with E-state index in [0.717, 1.165) is 0 Å². The molecular weight excluding hydrogens is 478 g/mol. The Hall–Kier alpha value is -2.77. The van der Waals surface area contributed by atoms with Gasteiger partial charge in [-0.05, 0) is 23.8 Å². The number of amidine groups is 1. The second-order valence-corrected chi connectivity index (χ2v) is 8.80. The molecule has 0 bridgehead atoms. The zero-order valence-electron chi connectivity index (χ0n) is 16.1. The lowest BCUT2D eigenvalue weighted by Gasteiger charge is -2.09. The van der Waals surface area contributed by atoms with Gasteiger partial charge in [-0.2, -0.15) is 13.2 Å². The topological polar surface area (TPSA) is 116 Å². The van der Waals surface area contributed by atoms with Gasteiger partial charge in [0.15, 0.2) is 0 Å². The molecule has 2 heterocycles. The second kappa shape index (κ2) is 9.38. The number of oxime groups is 1. The minimum Gasteiger partial charge on any atom is -0.411 e. The lowest BCUT2D eigenvalue weighted by molar-refractivity contribution is -0.0447. The second-order valence-electron chi connectivity index (χ2n) is 6.63. The van der Waals surface area contributed by atoms with E-state index in [1.807, 2.05) is 0 Å². The monoisotopic (exact) mass is 493 g/mol. The van der Waals surface area contributed by atoms with Crippen LogP contribution in [0.1, 0.15) is 16.7 Å². The molecule has 8 nitrogen and oxygen atoms in total. The van der Waals surface area contributed by atoms with E-state index in [-0.39, 0.29) is 30.1 Å². The number of pyridine rings is 1. The van der Waals surface area contributed by atoms with Crippen LogP contribution in [0.15, 0.2) is 40.6 Å². The number of aromatic nitrogens is 1. The molecule has 1 aromatic heterocycles. The maximum Gasteiger partial charge on any atom is 0.511 e. The van der Waals surface area contributed by atoms with Gasteiger partial charge in [-0.15, -0.1) is 0 Å². The van der Waals surface area contributed by atoms with Crippen LogP contribution in [0.2, 0.25) is 5.02 Å². The molecule has 14 heteroatoms. The van der Waals surface area contributed by atoms with Gasteiger partial charge in [-0.3, -0.25) is 4.99 Å². The molecule has 0 unspecified atom stereocenters. The third-order valence-corrected chi connectivity index (χ3v) is 5.94. The van der Waals surface area contributed by atoms with Gasteiger partial charge in [0.25, 0.3) is 0 Å². The van der Waals surface area contributed by atoms with Crippen molar-refractivity contribution in [2.75, 3.05) is 18.4 Å². The van der Waals surface area contributed by atoms with E-state index in [4.69, 9.17) is 11.6 Å². The summed E-state index contributed by atoms with van der Waals surface area (Å²) < 4.78 is 73.8. The highest BCUT2D eigenvalue weighted by molar-refractivity contribution is 7.90. The van der Waals surface area contributed by atoms with Gasteiger partial charge in [-0.25, -0.2) is 22.5 Å². The van der Waals surface area contributed by atoms with Crippen molar-refractivity contribution in [2.24, 2.45) is 10.1 Å². The van der Waals surface area contributed by atoms with Crippen molar-refractivity contribution in [1.29, 1.82) is 0 Å². The molecule has 2 aromatic rings. The standard InChI is InChI=1S/C18H16ClF4N5O3S/c19-13-7-10(1-2-14(13)20)8-15(28-29)11-3-4-25-17-12(11)9-16(27-17)24-5-6-26-32(30,31)18(21,22)23/h1-4,7,26,29H,5-6,8-9H2,(H,24,25,27)/b28-15+. The van der Waals surface area contributed by atoms with Crippen molar-refractivity contribution in [3.63, 3.8) is 0 Å². The van der Waals surface area contributed by atoms with Gasteiger partial charge in [-0.1, -0.05) is 22.8 Å². The Bertz CT molecular complexity index is 1190. The molecule has 0 fully saturated rings. The van der Waals surface area contributed by atoms with Crippen LogP contribution in [0.3, 0.4) is 0 Å². The normalized spacial score (nSPS) is 15.7. The summed E-state index contributed by atoms with van der Waals surface area (Å²) in [5, 5.41) is 15.7. The Kier molecular flexibility index (Phi) is 7.00. The van der Waals surface area contributed by atoms with Crippen LogP contribution in [0.25, 0.3) is 0 Å². The predicted molar refractivity (Wildman–Crippen MR) is 110 cm³/mol. The van der Waals surface area contributed by atoms with Crippen LogP contribution in [-0.2, 0) is 22.9 Å². The highest BCUT2D eigenvalue weighted by atomic mass is 35.5. The quantitative estimate of drug-likeness (QED) is 0.180. The van der Waals surface area contributed by atoms with Crippen molar-refractivity contribution in [2.45, 2.75) is 18.3 Å². The Balaban J connectivity index is 1.71. The van der Waals surface area contributed by atoms with Gasteiger partial charge < -0.3 is 10.5 Å². The van der Waals surface area contributed by atoms with Crippen molar-refractivity contribution in [1.82, 2.24) is 9.71 Å². The Labute approximate surface area is 185 Å². The number of fused-ring (bicyclic) bond motifs is 1. The zero-order valence-corrected chi connectivity index (χ0v) is 17.7. The Morgan fingerprint density at radius 1 is 1.31 bits per heavy atom. The number of sulfonamides is 1. The maximum atomic E-state index is 13.4. The highest BCUT2D eigenvalue weighted by Crippen LogP contribution is 2.27. The van der Waals surface area contributed by atoms with E-state index < -0.39 is 27.9 Å². The van der Waals surface area contributed by atoms with E-state index in [1.165, 1.54) is 29.1 Å². The first-order valence-electron chi connectivity index (χ1n) is 9.01. The molecular formula is C18H16ClF4N5O3S. The number of anilines is 1. The minimum absolute atomic E-state index is 0.0722. The first-order valence-corrected chi connectivity index (χ1v) is 10.9. The zero-order chi connectivity index (χ0) is 23.5. The van der Waals surface area contributed by atoms with E-state index in [0.29, 0.717) is 28.3 Å². The SMILES string of the molecule is O=S(=O)(NCCN=C1Cc2c(/C(Cc3ccc(F)c(Cl)c3)=N/O)ccnc2N1)C(F)(F)F. The number of alkyl halides is 3. The molecule has 1 aliphatic rings. The molecule has 0 saturated carbocycles. The summed E-state index contributed by atoms with van der Waals surface area (Å²) in [5.41, 5.74) is -3.37. The number of nitrogens with one attached hydrogen (secondary N) is 2. The Morgan fingerprint density at radius 3 is 2.72 bits per heavy atom. The number of aliphatic imine (C=N–C) groups is 1. The molecule has 1 aromatic carbocycles. The smallest absolute Gasteiger partial charge is 0.411 e. The summed E-state index contributed by atoms with van der Waals surface area (Å²) in [4.78, 5) is 8.22. The van der Waals surface area contributed by atoms with Crippen LogP contribution in [0.5, 0.6) is 0 Å². The van der Waals surface area contributed by atoms with Crippen LogP contribution < -0.4 is 10.0 Å². The fourth-order valence-electron chi connectivity index (χ4n) is 2.97. The summed E-state index contributed by atoms with van der Waals surface area (Å²) in [6, 6.07) is 5.72. The average Bonchev–Trinajstić information content (AvgIpc) is 3.14. The fourth-order valence-corrected chi connectivity index (χ4v) is 3.70. The molecule has 0 atom stereocenters. The third-order valence-electron chi connectivity index (χ3n) is 4.46. The summed E-state index contributed by atoms with van der Waals surface area (Å²) in [6.07, 6.45) is 1.80. The highest BCUT2D eigenvalue weighted by Gasteiger charge is 2.45. The molecule has 3 N–H and O–H groups in total. The van der Waals surface area contributed by atoms with Gasteiger partial charge in [0.1, 0.15) is 17.5 Å². The minimum atomic E-state index is -5.43. The number of hydrogen-bond acceptors (Lipinski definition) is 6. The van der Waals surface area contributed by atoms with Crippen molar-refractivity contribution in [3.8, 4) is 0 Å². The largest absolute Gasteiger partial charge is 0.511 e. The lowest BCUT2D eigenvalue weighted by atomic mass is 9.98. The van der Waals surface area contributed by atoms with Crippen molar-refractivity contribution < 1.29 is 31.2 Å². The van der Waals surface area contributed by atoms with Crippen LogP contribution in [0.4, 0.5) is 23.4 Å². The van der Waals surface area contributed by atoms with Crippen molar-refractivity contribution in [3.05, 3.63) is 58.0 Å². The first kappa shape index (κ1) is 23.9. The molecule has 0 amide bonds. The lowest BCUT2D eigenvalue weighted by Crippen LogP contribution is -2.37. The number of hydrogen-bond donors (Lipinski definition) is 3. The molecule has 0 radical (unpaired) electrons. The molecule has 0 saturated heterocycles. The van der Waals surface area contributed by atoms with Crippen LogP contribution >= 0.6 is 11.6 Å². The van der Waals surface area contributed by atoms with Gasteiger partial charge in [0.05, 0.1) is 17.3 Å². The summed E-state index contributed by atoms with van der Waals surface area (Å²) in [7, 11) is -5.43. The van der Waals surface area contributed by atoms with Gasteiger partial charge in [0.2, 0.25) is 0 Å².